The summed E-state index contributed by atoms with van der Waals surface area (Å²) in [5, 5.41) is 0. The van der Waals surface area contributed by atoms with Crippen LogP contribution in [0.25, 0.3) is 11.1 Å². The number of rotatable bonds is 1. The van der Waals surface area contributed by atoms with E-state index in [1.807, 2.05) is 12.4 Å². The Bertz CT molecular complexity index is 899. The van der Waals surface area contributed by atoms with Gasteiger partial charge in [0.2, 0.25) is 6.29 Å². The van der Waals surface area contributed by atoms with Gasteiger partial charge in [0.15, 0.2) is 0 Å². The van der Waals surface area contributed by atoms with E-state index in [9.17, 15) is 13.2 Å². The van der Waals surface area contributed by atoms with E-state index in [2.05, 4.69) is 47.3 Å². The van der Waals surface area contributed by atoms with E-state index in [-0.39, 0.29) is 0 Å². The average Bonchev–Trinajstić information content (AvgIpc) is 2.76. The summed E-state index contributed by atoms with van der Waals surface area (Å²) in [6.07, 6.45) is 6.36. The van der Waals surface area contributed by atoms with Crippen LogP contribution in [-0.4, -0.2) is 42.0 Å². The smallest absolute Gasteiger partial charge is 0.303 e. The topological polar surface area (TPSA) is 33.2 Å². The van der Waals surface area contributed by atoms with Gasteiger partial charge < -0.3 is 4.90 Å². The van der Waals surface area contributed by atoms with Gasteiger partial charge in [0.1, 0.15) is 0 Å². The van der Waals surface area contributed by atoms with Gasteiger partial charge in [0, 0.05) is 23.9 Å². The van der Waals surface area contributed by atoms with Crippen LogP contribution < -0.4 is 0 Å². The van der Waals surface area contributed by atoms with Gasteiger partial charge >= 0.3 is 6.18 Å². The number of benzene rings is 1. The number of hydrogen-bond acceptors (Lipinski definition) is 3. The number of hydrogen-bond donors (Lipinski definition) is 0. The maximum atomic E-state index is 10.4. The molecular weight excluding hydrogens is 389 g/mol. The van der Waals surface area contributed by atoms with Gasteiger partial charge in [-0.1, -0.05) is 31.0 Å². The molecule has 2 fully saturated rings. The minimum absolute atomic E-state index is 0.450. The van der Waals surface area contributed by atoms with Crippen molar-refractivity contribution in [2.75, 3.05) is 13.6 Å². The average molecular weight is 416 g/mol. The largest absolute Gasteiger partial charge is 0.446 e. The van der Waals surface area contributed by atoms with Crippen molar-refractivity contribution in [1.82, 2.24) is 9.88 Å². The molecule has 3 nitrogen and oxygen atoms in total. The van der Waals surface area contributed by atoms with Crippen molar-refractivity contribution >= 4 is 6.29 Å². The molecule has 1 saturated carbocycles. The summed E-state index contributed by atoms with van der Waals surface area (Å²) in [6.45, 7) is 1.26. The van der Waals surface area contributed by atoms with Crippen LogP contribution in [0.1, 0.15) is 43.2 Å². The number of aromatic nitrogens is 1. The Morgan fingerprint density at radius 1 is 1.10 bits per heavy atom. The fourth-order valence-electron chi connectivity index (χ4n) is 5.92. The molecule has 2 heterocycles. The molecule has 30 heavy (non-hydrogen) atoms. The van der Waals surface area contributed by atoms with Crippen LogP contribution >= 0.6 is 0 Å². The van der Waals surface area contributed by atoms with Crippen LogP contribution in [0.15, 0.2) is 42.7 Å². The SMILES string of the molecule is CN1CCC23CCCC[C@@H]2[C@@H]1Cc1ccc(-c2ccncc2)cc13.O=CC(F)(F)F. The van der Waals surface area contributed by atoms with Crippen LogP contribution in [-0.2, 0) is 16.6 Å². The number of aldehydes is 1. The molecule has 1 aromatic heterocycles. The molecule has 0 amide bonds. The van der Waals surface area contributed by atoms with Crippen molar-refractivity contribution in [2.24, 2.45) is 5.92 Å². The number of nitrogens with zero attached hydrogens (tertiary/aromatic N) is 2. The lowest BCUT2D eigenvalue weighted by Gasteiger charge is -2.58. The van der Waals surface area contributed by atoms with Gasteiger partial charge in [-0.15, -0.1) is 0 Å². The van der Waals surface area contributed by atoms with Gasteiger partial charge in [0.25, 0.3) is 0 Å². The van der Waals surface area contributed by atoms with Crippen LogP contribution in [0.2, 0.25) is 0 Å². The molecule has 1 saturated heterocycles. The Labute approximate surface area is 175 Å². The van der Waals surface area contributed by atoms with E-state index >= 15 is 0 Å². The summed E-state index contributed by atoms with van der Waals surface area (Å²) in [4.78, 5) is 15.5. The van der Waals surface area contributed by atoms with Crippen molar-refractivity contribution in [3.8, 4) is 11.1 Å². The van der Waals surface area contributed by atoms with Crippen molar-refractivity contribution in [3.05, 3.63) is 53.9 Å². The third kappa shape index (κ3) is 3.89. The minimum atomic E-state index is -4.64. The Balaban J connectivity index is 0.000000322. The third-order valence-corrected chi connectivity index (χ3v) is 7.26. The van der Waals surface area contributed by atoms with Gasteiger partial charge in [-0.25, -0.2) is 0 Å². The summed E-state index contributed by atoms with van der Waals surface area (Å²) in [5.74, 6) is 0.866. The normalized spacial score (nSPS) is 27.9. The zero-order valence-corrected chi connectivity index (χ0v) is 17.2. The number of carbonyl (C=O) groups excluding carboxylic acids is 1. The van der Waals surface area contributed by atoms with E-state index in [0.29, 0.717) is 5.41 Å². The van der Waals surface area contributed by atoms with E-state index in [4.69, 9.17) is 4.79 Å². The number of fused-ring (bicyclic) bond motifs is 1. The first-order valence-corrected chi connectivity index (χ1v) is 10.6. The molecule has 1 aliphatic heterocycles. The number of pyridine rings is 1. The second-order valence-corrected chi connectivity index (χ2v) is 8.78. The number of carbonyl (C=O) groups is 1. The second kappa shape index (κ2) is 8.14. The first-order valence-electron chi connectivity index (χ1n) is 10.6. The predicted molar refractivity (Wildman–Crippen MR) is 110 cm³/mol. The van der Waals surface area contributed by atoms with Crippen molar-refractivity contribution in [1.29, 1.82) is 0 Å². The maximum Gasteiger partial charge on any atom is 0.446 e. The van der Waals surface area contributed by atoms with Crippen LogP contribution in [0, 0.1) is 5.92 Å². The van der Waals surface area contributed by atoms with Gasteiger partial charge in [-0.3, -0.25) is 9.78 Å². The molecule has 0 radical (unpaired) electrons. The number of likely N-dealkylation sites (tertiary alicyclic amines) is 1. The molecule has 6 heteroatoms. The molecule has 0 N–H and O–H groups in total. The third-order valence-electron chi connectivity index (χ3n) is 7.26. The fraction of sp³-hybridized carbons (Fsp3) is 0.500. The zero-order valence-electron chi connectivity index (χ0n) is 17.2. The highest BCUT2D eigenvalue weighted by molar-refractivity contribution is 5.65. The lowest BCUT2D eigenvalue weighted by Crippen LogP contribution is -2.59. The molecule has 3 atom stereocenters. The lowest BCUT2D eigenvalue weighted by molar-refractivity contribution is -0.156. The first-order chi connectivity index (χ1) is 14.3. The molecular formula is C24H27F3N2O. The standard InChI is InChI=1S/C22H26N2.C2HF3O/c1-24-13-10-22-9-3-2-4-19(22)21(24)15-18-6-5-17(14-20(18)22)16-7-11-23-12-8-16;3-2(4,5)1-6/h5-8,11-12,14,19,21H,2-4,9-10,13,15H2,1H3;1H/t19-,21+,22?;/m1./s1. The van der Waals surface area contributed by atoms with Crippen LogP contribution in [0.4, 0.5) is 13.2 Å². The number of alkyl halides is 3. The molecule has 5 rings (SSSR count). The van der Waals surface area contributed by atoms with Crippen molar-refractivity contribution in [3.63, 3.8) is 0 Å². The molecule has 1 unspecified atom stereocenters. The highest BCUT2D eigenvalue weighted by Crippen LogP contribution is 2.55. The zero-order chi connectivity index (χ0) is 21.4. The highest BCUT2D eigenvalue weighted by Gasteiger charge is 2.52. The maximum absolute atomic E-state index is 10.4. The molecule has 2 aromatic rings. The van der Waals surface area contributed by atoms with Gasteiger partial charge in [0.05, 0.1) is 0 Å². The first kappa shape index (κ1) is 21.0. The lowest BCUT2D eigenvalue weighted by atomic mass is 9.52. The van der Waals surface area contributed by atoms with Crippen LogP contribution in [0.5, 0.6) is 0 Å². The predicted octanol–water partition coefficient (Wildman–Crippen LogP) is 5.18. The van der Waals surface area contributed by atoms with Gasteiger partial charge in [-0.05, 0) is 79.6 Å². The van der Waals surface area contributed by atoms with E-state index in [0.717, 1.165) is 12.0 Å². The second-order valence-electron chi connectivity index (χ2n) is 8.78. The molecule has 2 aliphatic carbocycles. The van der Waals surface area contributed by atoms with Crippen LogP contribution in [0.3, 0.4) is 0 Å². The Hall–Kier alpha value is -2.21. The summed E-state index contributed by atoms with van der Waals surface area (Å²) in [5.41, 5.74) is 6.42. The van der Waals surface area contributed by atoms with E-state index < -0.39 is 12.5 Å². The molecule has 2 bridgehead atoms. The molecule has 3 aliphatic rings. The van der Waals surface area contributed by atoms with Crippen molar-refractivity contribution < 1.29 is 18.0 Å². The van der Waals surface area contributed by atoms with Crippen molar-refractivity contribution in [2.45, 2.75) is 56.2 Å². The van der Waals surface area contributed by atoms with Gasteiger partial charge in [-0.2, -0.15) is 13.2 Å². The Morgan fingerprint density at radius 3 is 2.53 bits per heavy atom. The summed E-state index contributed by atoms with van der Waals surface area (Å²) in [6, 6.07) is 12.3. The number of halogens is 3. The molecule has 0 spiro atoms. The Kier molecular flexibility index (Phi) is 5.71. The van der Waals surface area contributed by atoms with E-state index in [1.54, 1.807) is 11.1 Å². The molecule has 160 valence electrons. The molecule has 1 aromatic carbocycles. The number of piperidine rings is 1. The fourth-order valence-corrected chi connectivity index (χ4v) is 5.92. The number of likely N-dealkylation sites (N-methyl/N-ethyl adjacent to an activating group) is 1. The summed E-state index contributed by atoms with van der Waals surface area (Å²) >= 11 is 0. The summed E-state index contributed by atoms with van der Waals surface area (Å²) in [7, 11) is 2.35. The monoisotopic (exact) mass is 416 g/mol. The van der Waals surface area contributed by atoms with E-state index in [1.165, 1.54) is 56.2 Å². The quantitative estimate of drug-likeness (QED) is 0.601. The minimum Gasteiger partial charge on any atom is -0.303 e. The summed E-state index contributed by atoms with van der Waals surface area (Å²) < 4.78 is 31.2. The Morgan fingerprint density at radius 2 is 1.83 bits per heavy atom. The highest BCUT2D eigenvalue weighted by atomic mass is 19.4.